The van der Waals surface area contributed by atoms with Crippen LogP contribution in [-0.4, -0.2) is 35.1 Å². The zero-order valence-corrected chi connectivity index (χ0v) is 15.3. The first kappa shape index (κ1) is 19.2. The summed E-state index contributed by atoms with van der Waals surface area (Å²) < 4.78 is 5.21. The van der Waals surface area contributed by atoms with Crippen molar-refractivity contribution in [3.05, 3.63) is 51.6 Å². The van der Waals surface area contributed by atoms with E-state index in [0.717, 1.165) is 0 Å². The number of aliphatic imine (C=N–C) groups is 1. The summed E-state index contributed by atoms with van der Waals surface area (Å²) in [6.45, 7) is 3.59. The van der Waals surface area contributed by atoms with Gasteiger partial charge in [-0.25, -0.2) is 4.99 Å². The summed E-state index contributed by atoms with van der Waals surface area (Å²) in [7, 11) is 0. The molecule has 1 aromatic carbocycles. The van der Waals surface area contributed by atoms with Gasteiger partial charge in [-0.05, 0) is 25.5 Å². The number of nitrogens with two attached hydrogens (primary N) is 1. The number of ether oxygens (including phenoxy) is 1. The fourth-order valence-corrected chi connectivity index (χ4v) is 3.67. The summed E-state index contributed by atoms with van der Waals surface area (Å²) in [4.78, 5) is 40.4. The number of hydrogen-bond donors (Lipinski definition) is 2. The van der Waals surface area contributed by atoms with Crippen molar-refractivity contribution in [1.29, 1.82) is 0 Å². The van der Waals surface area contributed by atoms with Crippen molar-refractivity contribution in [2.24, 2.45) is 27.8 Å². The van der Waals surface area contributed by atoms with Crippen molar-refractivity contribution < 1.29 is 19.2 Å². The Morgan fingerprint density at radius 1 is 1.46 bits per heavy atom. The molecule has 1 aliphatic heterocycles. The van der Waals surface area contributed by atoms with E-state index in [-0.39, 0.29) is 18.3 Å². The number of benzene rings is 1. The van der Waals surface area contributed by atoms with Gasteiger partial charge in [0.25, 0.3) is 5.69 Å². The van der Waals surface area contributed by atoms with Crippen LogP contribution < -0.4 is 11.2 Å². The van der Waals surface area contributed by atoms with Gasteiger partial charge in [0, 0.05) is 18.1 Å². The number of hydrazone groups is 1. The fourth-order valence-electron chi connectivity index (χ4n) is 3.67. The largest absolute Gasteiger partial charge is 0.466 e. The minimum Gasteiger partial charge on any atom is -0.466 e. The predicted octanol–water partition coefficient (Wildman–Crippen LogP) is 1.23. The molecule has 1 aliphatic carbocycles. The summed E-state index contributed by atoms with van der Waals surface area (Å²) in [5.41, 5.74) is 1.37. The third kappa shape index (κ3) is 3.36. The number of carbonyl (C=O) groups is 2. The Balaban J connectivity index is 2.20. The van der Waals surface area contributed by atoms with E-state index in [4.69, 9.17) is 10.6 Å². The molecule has 0 aromatic heterocycles. The standard InChI is InChI=1S/C18H19N5O5/c1-3-28-17(25)13-9(2)7-12-15(16(24)21-18(20-12)22-19)14(13)10-5-4-6-11(8-10)23(26)27/h4-8,13-15H,3,19H2,1-2H3,(H,21,22,24). The highest BCUT2D eigenvalue weighted by atomic mass is 16.6. The van der Waals surface area contributed by atoms with Crippen LogP contribution in [-0.2, 0) is 14.3 Å². The summed E-state index contributed by atoms with van der Waals surface area (Å²) in [5, 5.41) is 17.1. The van der Waals surface area contributed by atoms with E-state index in [1.807, 2.05) is 0 Å². The van der Waals surface area contributed by atoms with Gasteiger partial charge in [-0.3, -0.25) is 25.0 Å². The smallest absolute Gasteiger partial charge is 0.313 e. The van der Waals surface area contributed by atoms with Gasteiger partial charge >= 0.3 is 5.97 Å². The summed E-state index contributed by atoms with van der Waals surface area (Å²) >= 11 is 0. The normalized spacial score (nSPS) is 25.3. The van der Waals surface area contributed by atoms with E-state index in [9.17, 15) is 19.7 Å². The first-order valence-electron chi connectivity index (χ1n) is 8.63. The molecule has 3 N–H and O–H groups in total. The lowest BCUT2D eigenvalue weighted by Crippen LogP contribution is -2.50. The quantitative estimate of drug-likeness (QED) is 0.344. The molecule has 0 spiro atoms. The lowest BCUT2D eigenvalue weighted by Gasteiger charge is -2.38. The highest BCUT2D eigenvalue weighted by molar-refractivity contribution is 6.22. The van der Waals surface area contributed by atoms with Crippen LogP contribution in [0.25, 0.3) is 0 Å². The highest BCUT2D eigenvalue weighted by Crippen LogP contribution is 2.43. The maximum absolute atomic E-state index is 12.8. The van der Waals surface area contributed by atoms with Crippen molar-refractivity contribution in [3.8, 4) is 0 Å². The van der Waals surface area contributed by atoms with Gasteiger partial charge in [0.05, 0.1) is 29.1 Å². The summed E-state index contributed by atoms with van der Waals surface area (Å²) in [6, 6.07) is 5.89. The number of carbonyl (C=O) groups excluding carboxylic acids is 2. The van der Waals surface area contributed by atoms with Crippen molar-refractivity contribution >= 4 is 29.2 Å². The molecule has 0 fully saturated rings. The van der Waals surface area contributed by atoms with E-state index in [1.165, 1.54) is 18.2 Å². The molecule has 0 bridgehead atoms. The summed E-state index contributed by atoms with van der Waals surface area (Å²) in [6.07, 6.45) is 1.64. The number of esters is 1. The molecule has 1 heterocycles. The molecular weight excluding hydrogens is 366 g/mol. The number of nitro benzene ring substituents is 1. The van der Waals surface area contributed by atoms with Gasteiger partial charge in [-0.15, -0.1) is 5.10 Å². The fraction of sp³-hybridized carbons (Fsp3) is 0.333. The Morgan fingerprint density at radius 2 is 2.21 bits per heavy atom. The van der Waals surface area contributed by atoms with Crippen LogP contribution >= 0.6 is 0 Å². The second-order valence-corrected chi connectivity index (χ2v) is 6.45. The number of rotatable bonds is 4. The molecule has 28 heavy (non-hydrogen) atoms. The van der Waals surface area contributed by atoms with Crippen molar-refractivity contribution in [2.45, 2.75) is 19.8 Å². The summed E-state index contributed by atoms with van der Waals surface area (Å²) in [5.74, 6) is 1.91. The van der Waals surface area contributed by atoms with Gasteiger partial charge in [0.1, 0.15) is 0 Å². The second kappa shape index (κ2) is 7.59. The Labute approximate surface area is 160 Å². The molecule has 146 valence electrons. The molecule has 3 rings (SSSR count). The minimum atomic E-state index is -0.842. The van der Waals surface area contributed by atoms with E-state index < -0.39 is 34.6 Å². The van der Waals surface area contributed by atoms with Gasteiger partial charge in [0.2, 0.25) is 11.9 Å². The van der Waals surface area contributed by atoms with Crippen molar-refractivity contribution in [3.63, 3.8) is 0 Å². The molecule has 3 atom stereocenters. The van der Waals surface area contributed by atoms with E-state index >= 15 is 0 Å². The number of amides is 1. The van der Waals surface area contributed by atoms with Crippen molar-refractivity contribution in [1.82, 2.24) is 5.32 Å². The number of guanidine groups is 1. The maximum atomic E-state index is 12.8. The first-order valence-corrected chi connectivity index (χ1v) is 8.63. The SMILES string of the molecule is CCOC(=O)C1C(C)=CC2=N/C(=N/N)NC(=O)C2C1c1cccc([N+](=O)[O-])c1. The number of nitrogens with zero attached hydrogens (tertiary/aromatic N) is 3. The molecule has 1 aromatic rings. The van der Waals surface area contributed by atoms with Gasteiger partial charge in [-0.1, -0.05) is 17.7 Å². The number of nitrogens with one attached hydrogen (secondary N) is 1. The van der Waals surface area contributed by atoms with Gasteiger partial charge in [0.15, 0.2) is 0 Å². The average Bonchev–Trinajstić information content (AvgIpc) is 2.66. The lowest BCUT2D eigenvalue weighted by atomic mass is 9.67. The molecule has 2 aliphatic rings. The minimum absolute atomic E-state index is 0.0346. The third-order valence-corrected chi connectivity index (χ3v) is 4.78. The molecule has 1 amide bonds. The van der Waals surface area contributed by atoms with Crippen LogP contribution in [0.5, 0.6) is 0 Å². The van der Waals surface area contributed by atoms with Gasteiger partial charge in [-0.2, -0.15) is 0 Å². The lowest BCUT2D eigenvalue weighted by molar-refractivity contribution is -0.384. The zero-order valence-electron chi connectivity index (χ0n) is 15.3. The van der Waals surface area contributed by atoms with Crippen LogP contribution in [0, 0.1) is 22.0 Å². The topological polar surface area (TPSA) is 149 Å². The number of non-ortho nitro benzene ring substituents is 1. The van der Waals surface area contributed by atoms with Crippen LogP contribution in [0.2, 0.25) is 0 Å². The van der Waals surface area contributed by atoms with E-state index in [0.29, 0.717) is 16.8 Å². The Bertz CT molecular complexity index is 936. The highest BCUT2D eigenvalue weighted by Gasteiger charge is 2.47. The molecule has 10 heteroatoms. The van der Waals surface area contributed by atoms with Gasteiger partial charge < -0.3 is 10.6 Å². The second-order valence-electron chi connectivity index (χ2n) is 6.45. The zero-order chi connectivity index (χ0) is 20.4. The molecule has 0 saturated heterocycles. The van der Waals surface area contributed by atoms with Crippen LogP contribution in [0.15, 0.2) is 46.0 Å². The molecule has 3 unspecified atom stereocenters. The van der Waals surface area contributed by atoms with Crippen LogP contribution in [0.3, 0.4) is 0 Å². The number of hydrogen-bond acceptors (Lipinski definition) is 7. The Kier molecular flexibility index (Phi) is 5.21. The maximum Gasteiger partial charge on any atom is 0.313 e. The molecular formula is C18H19N5O5. The molecule has 0 radical (unpaired) electrons. The van der Waals surface area contributed by atoms with E-state index in [1.54, 1.807) is 26.0 Å². The number of fused-ring (bicyclic) bond motifs is 1. The number of allylic oxidation sites excluding steroid dienone is 1. The molecule has 10 nitrogen and oxygen atoms in total. The molecule has 0 saturated carbocycles. The third-order valence-electron chi connectivity index (χ3n) is 4.78. The van der Waals surface area contributed by atoms with Crippen LogP contribution in [0.1, 0.15) is 25.3 Å². The first-order chi connectivity index (χ1) is 13.4. The van der Waals surface area contributed by atoms with Crippen LogP contribution in [0.4, 0.5) is 5.69 Å². The van der Waals surface area contributed by atoms with E-state index in [2.05, 4.69) is 15.4 Å². The average molecular weight is 385 g/mol. The Morgan fingerprint density at radius 3 is 2.86 bits per heavy atom. The monoisotopic (exact) mass is 385 g/mol. The van der Waals surface area contributed by atoms with Crippen molar-refractivity contribution in [2.75, 3.05) is 6.61 Å². The predicted molar refractivity (Wildman–Crippen MR) is 100 cm³/mol. The Hall–Kier alpha value is -3.56. The number of nitro groups is 1.